The third kappa shape index (κ3) is 3.83. The summed E-state index contributed by atoms with van der Waals surface area (Å²) in [5.74, 6) is 0. The van der Waals surface area contributed by atoms with Gasteiger partial charge in [-0.15, -0.1) is 0 Å². The van der Waals surface area contributed by atoms with Gasteiger partial charge in [-0.25, -0.2) is 0 Å². The van der Waals surface area contributed by atoms with Crippen LogP contribution in [0.4, 0.5) is 0 Å². The molecule has 4 aromatic rings. The topological polar surface area (TPSA) is 0 Å². The van der Waals surface area contributed by atoms with E-state index >= 15 is 0 Å². The SMILES string of the molecule is Cc1cccc(-c2cccc3c2C=C2[CH]3[Hf]([CH3])([CH3])[CH]3C(=Cc4c(-c5cccc(C)c5C)cccc43)C23CCCCC3)c1C. The van der Waals surface area contributed by atoms with Gasteiger partial charge in [0.1, 0.15) is 0 Å². The number of hydrogen-bond acceptors (Lipinski definition) is 0. The van der Waals surface area contributed by atoms with Gasteiger partial charge in [0, 0.05) is 0 Å². The van der Waals surface area contributed by atoms with Gasteiger partial charge >= 0.3 is 265 Å². The maximum atomic E-state index is 2.80. The van der Waals surface area contributed by atoms with E-state index in [1.165, 1.54) is 76.6 Å². The van der Waals surface area contributed by atoms with Crippen LogP contribution >= 0.6 is 0 Å². The molecular formula is C42H44Hf. The van der Waals surface area contributed by atoms with E-state index in [9.17, 15) is 0 Å². The molecule has 1 heteroatoms. The van der Waals surface area contributed by atoms with Crippen molar-refractivity contribution in [3.8, 4) is 22.3 Å². The molecule has 0 bridgehead atoms. The number of benzene rings is 4. The first-order valence-electron chi connectivity index (χ1n) is 16.6. The maximum absolute atomic E-state index is 3.07. The Morgan fingerprint density at radius 1 is 0.535 bits per heavy atom. The van der Waals surface area contributed by atoms with Crippen molar-refractivity contribution in [1.82, 2.24) is 0 Å². The Kier molecular flexibility index (Phi) is 6.37. The van der Waals surface area contributed by atoms with Crippen LogP contribution in [0.3, 0.4) is 0 Å². The van der Waals surface area contributed by atoms with Gasteiger partial charge in [-0.05, 0) is 0 Å². The van der Waals surface area contributed by atoms with E-state index in [-0.39, 0.29) is 5.41 Å². The molecule has 2 fully saturated rings. The molecule has 3 aliphatic carbocycles. The number of hydrogen-bond donors (Lipinski definition) is 0. The minimum atomic E-state index is -3.07. The van der Waals surface area contributed by atoms with E-state index in [2.05, 4.69) is 122 Å². The first-order chi connectivity index (χ1) is 20.7. The summed E-state index contributed by atoms with van der Waals surface area (Å²) in [7, 11) is 0. The van der Waals surface area contributed by atoms with Crippen molar-refractivity contribution in [2.75, 3.05) is 0 Å². The molecule has 43 heavy (non-hydrogen) atoms. The van der Waals surface area contributed by atoms with Gasteiger partial charge in [-0.1, -0.05) is 0 Å². The molecular weight excluding hydrogens is 683 g/mol. The first kappa shape index (κ1) is 27.8. The molecule has 4 aromatic carbocycles. The fraction of sp³-hybridized carbons (Fsp3) is 0.333. The van der Waals surface area contributed by atoms with E-state index in [4.69, 9.17) is 0 Å². The Labute approximate surface area is 263 Å². The van der Waals surface area contributed by atoms with E-state index < -0.39 is 20.0 Å². The summed E-state index contributed by atoms with van der Waals surface area (Å²) in [6.07, 6.45) is 12.2. The Balaban J connectivity index is 1.38. The van der Waals surface area contributed by atoms with Crippen LogP contribution in [-0.2, 0) is 20.0 Å². The summed E-state index contributed by atoms with van der Waals surface area (Å²) in [5, 5.41) is 0. The van der Waals surface area contributed by atoms with Gasteiger partial charge in [-0.3, -0.25) is 0 Å². The molecule has 1 saturated heterocycles. The van der Waals surface area contributed by atoms with Gasteiger partial charge in [-0.2, -0.15) is 0 Å². The third-order valence-electron chi connectivity index (χ3n) is 12.2. The Bertz CT molecular complexity index is 1740. The van der Waals surface area contributed by atoms with Crippen molar-refractivity contribution < 1.29 is 20.0 Å². The zero-order chi connectivity index (χ0) is 29.7. The summed E-state index contributed by atoms with van der Waals surface area (Å²) in [4.78, 5) is 0. The molecule has 2 unspecified atom stereocenters. The second-order valence-corrected chi connectivity index (χ2v) is 31.9. The summed E-state index contributed by atoms with van der Waals surface area (Å²) in [6.45, 7) is 9.14. The average molecular weight is 727 g/mol. The summed E-state index contributed by atoms with van der Waals surface area (Å²) in [6, 6.07) is 28.3. The summed E-state index contributed by atoms with van der Waals surface area (Å²) < 4.78 is 6.92. The zero-order valence-electron chi connectivity index (χ0n) is 26.8. The van der Waals surface area contributed by atoms with Crippen molar-refractivity contribution in [2.24, 2.45) is 5.41 Å². The minimum absolute atomic E-state index is 0.207. The standard InChI is InChI=1S/C40H38.2CH3.Hf/c1-26-12-8-16-34(28(26)3)36-18-10-14-30-22-32(24-38(30)36)40(20-6-5-7-21-40)33-23-31-15-11-19-37(39(31)25-33)35-17-9-13-27(2)29(35)4;;;/h8-19,22-25H,5-7,20-21H2,1-4H3;2*1H3;. The molecule has 1 aliphatic heterocycles. The number of fused-ring (bicyclic) bond motifs is 8. The zero-order valence-corrected chi connectivity index (χ0v) is 30.4. The van der Waals surface area contributed by atoms with Gasteiger partial charge in [0.25, 0.3) is 0 Å². The van der Waals surface area contributed by atoms with Crippen LogP contribution in [-0.4, -0.2) is 0 Å². The van der Waals surface area contributed by atoms with E-state index in [1.54, 1.807) is 22.3 Å². The second kappa shape index (κ2) is 9.87. The molecule has 1 saturated carbocycles. The van der Waals surface area contributed by atoms with E-state index in [0.29, 0.717) is 7.35 Å². The second-order valence-electron chi connectivity index (χ2n) is 14.6. The number of allylic oxidation sites excluding steroid dienone is 2. The summed E-state index contributed by atoms with van der Waals surface area (Å²) in [5.41, 5.74) is 21.6. The van der Waals surface area contributed by atoms with Crippen molar-refractivity contribution in [3.63, 3.8) is 0 Å². The fourth-order valence-corrected chi connectivity index (χ4v) is 27.0. The van der Waals surface area contributed by atoms with E-state index in [1.807, 2.05) is 11.1 Å². The monoisotopic (exact) mass is 728 g/mol. The molecule has 0 N–H and O–H groups in total. The van der Waals surface area contributed by atoms with Crippen molar-refractivity contribution in [2.45, 2.75) is 76.5 Å². The van der Waals surface area contributed by atoms with Crippen LogP contribution in [0.25, 0.3) is 34.4 Å². The fourth-order valence-electron chi connectivity index (χ4n) is 9.86. The molecule has 0 aromatic heterocycles. The molecule has 0 nitrogen and oxygen atoms in total. The van der Waals surface area contributed by atoms with Gasteiger partial charge < -0.3 is 0 Å². The Hall–Kier alpha value is -2.77. The molecule has 216 valence electrons. The predicted octanol–water partition coefficient (Wildman–Crippen LogP) is 12.0. The first-order valence-corrected chi connectivity index (χ1v) is 27.9. The number of rotatable bonds is 2. The third-order valence-corrected chi connectivity index (χ3v) is 27.4. The van der Waals surface area contributed by atoms with Crippen molar-refractivity contribution >= 4 is 12.2 Å². The number of aryl methyl sites for hydroxylation is 2. The Morgan fingerprint density at radius 2 is 0.953 bits per heavy atom. The molecule has 0 radical (unpaired) electrons. The van der Waals surface area contributed by atoms with E-state index in [0.717, 1.165) is 0 Å². The van der Waals surface area contributed by atoms with Crippen LogP contribution in [0.2, 0.25) is 9.36 Å². The average Bonchev–Trinajstić information content (AvgIpc) is 3.62. The molecule has 4 aliphatic rings. The van der Waals surface area contributed by atoms with Crippen LogP contribution < -0.4 is 0 Å². The van der Waals surface area contributed by atoms with Crippen molar-refractivity contribution in [3.05, 3.63) is 128 Å². The molecule has 2 atom stereocenters. The van der Waals surface area contributed by atoms with Crippen LogP contribution in [0.5, 0.6) is 0 Å². The van der Waals surface area contributed by atoms with Gasteiger partial charge in [0.05, 0.1) is 0 Å². The van der Waals surface area contributed by atoms with Gasteiger partial charge in [0.15, 0.2) is 0 Å². The molecule has 0 amide bonds. The summed E-state index contributed by atoms with van der Waals surface area (Å²) >= 11 is -3.07. The molecule has 8 rings (SSSR count). The predicted molar refractivity (Wildman–Crippen MR) is 181 cm³/mol. The Morgan fingerprint density at radius 3 is 1.42 bits per heavy atom. The van der Waals surface area contributed by atoms with Gasteiger partial charge in [0.2, 0.25) is 0 Å². The molecule has 1 spiro atoms. The molecule has 1 heterocycles. The van der Waals surface area contributed by atoms with Crippen LogP contribution in [0.1, 0.15) is 84.0 Å². The normalized spacial score (nSPS) is 22.4. The van der Waals surface area contributed by atoms with Crippen molar-refractivity contribution in [1.29, 1.82) is 0 Å². The van der Waals surface area contributed by atoms with Crippen LogP contribution in [0, 0.1) is 33.1 Å². The van der Waals surface area contributed by atoms with Crippen LogP contribution in [0.15, 0.2) is 83.9 Å². The quantitative estimate of drug-likeness (QED) is 0.180.